The average Bonchev–Trinajstić information content (AvgIpc) is 2.31. The predicted molar refractivity (Wildman–Crippen MR) is 80.5 cm³/mol. The highest BCUT2D eigenvalue weighted by atomic mass is 16.5. The quantitative estimate of drug-likeness (QED) is 0.890. The molecule has 0 amide bonds. The summed E-state index contributed by atoms with van der Waals surface area (Å²) in [5.41, 5.74) is 4.13. The second-order valence-corrected chi connectivity index (χ2v) is 6.53. The maximum Gasteiger partial charge on any atom is 0.0641 e. The number of hydrogen-bond donors (Lipinski definition) is 1. The van der Waals surface area contributed by atoms with Gasteiger partial charge >= 0.3 is 0 Å². The molecule has 0 spiro atoms. The van der Waals surface area contributed by atoms with Gasteiger partial charge in [-0.2, -0.15) is 0 Å². The molecule has 1 aromatic rings. The minimum atomic E-state index is 0.0127. The van der Waals surface area contributed by atoms with Crippen LogP contribution in [0.4, 0.5) is 0 Å². The molecule has 0 aliphatic carbocycles. The zero-order valence-corrected chi connectivity index (χ0v) is 12.9. The summed E-state index contributed by atoms with van der Waals surface area (Å²) in [6.45, 7) is 11.8. The minimum Gasteiger partial charge on any atom is -0.375 e. The molecule has 0 aromatic heterocycles. The third kappa shape index (κ3) is 3.80. The monoisotopic (exact) mass is 261 g/mol. The lowest BCUT2D eigenvalue weighted by atomic mass is 9.92. The molecule has 2 unspecified atom stereocenters. The van der Waals surface area contributed by atoms with Gasteiger partial charge in [0.05, 0.1) is 5.60 Å². The largest absolute Gasteiger partial charge is 0.375 e. The minimum absolute atomic E-state index is 0.0127. The van der Waals surface area contributed by atoms with Crippen molar-refractivity contribution in [1.29, 1.82) is 0 Å². The first-order valence-corrected chi connectivity index (χ1v) is 7.34. The first-order valence-electron chi connectivity index (χ1n) is 7.34. The van der Waals surface area contributed by atoms with Gasteiger partial charge in [0, 0.05) is 18.7 Å². The van der Waals surface area contributed by atoms with E-state index in [9.17, 15) is 0 Å². The molecule has 2 atom stereocenters. The maximum absolute atomic E-state index is 5.78. The van der Waals surface area contributed by atoms with Crippen LogP contribution in [-0.2, 0) is 4.74 Å². The molecule has 0 bridgehead atoms. The van der Waals surface area contributed by atoms with Gasteiger partial charge in [0.2, 0.25) is 0 Å². The highest BCUT2D eigenvalue weighted by Gasteiger charge is 2.29. The Hall–Kier alpha value is -0.860. The van der Waals surface area contributed by atoms with E-state index in [1.807, 2.05) is 0 Å². The molecule has 1 N–H and O–H groups in total. The number of ether oxygens (including phenoxy) is 1. The molecule has 1 saturated heterocycles. The Morgan fingerprint density at radius 2 is 2.00 bits per heavy atom. The Labute approximate surface area is 117 Å². The van der Waals surface area contributed by atoms with Crippen LogP contribution >= 0.6 is 0 Å². The van der Waals surface area contributed by atoms with Crippen LogP contribution in [-0.4, -0.2) is 18.2 Å². The summed E-state index contributed by atoms with van der Waals surface area (Å²) in [4.78, 5) is 0. The normalized spacial score (nSPS) is 24.2. The zero-order valence-electron chi connectivity index (χ0n) is 12.9. The van der Waals surface area contributed by atoms with Crippen LogP contribution in [0.2, 0.25) is 0 Å². The molecular weight excluding hydrogens is 234 g/mol. The van der Waals surface area contributed by atoms with Crippen LogP contribution in [0.15, 0.2) is 18.2 Å². The van der Waals surface area contributed by atoms with Gasteiger partial charge in [0.1, 0.15) is 0 Å². The summed E-state index contributed by atoms with van der Waals surface area (Å²) in [7, 11) is 0. The van der Waals surface area contributed by atoms with E-state index >= 15 is 0 Å². The lowest BCUT2D eigenvalue weighted by Gasteiger charge is -2.37. The fourth-order valence-electron chi connectivity index (χ4n) is 2.86. The number of hydrogen-bond acceptors (Lipinski definition) is 2. The van der Waals surface area contributed by atoms with E-state index in [4.69, 9.17) is 4.74 Å². The summed E-state index contributed by atoms with van der Waals surface area (Å²) in [6, 6.07) is 7.72. The van der Waals surface area contributed by atoms with E-state index in [-0.39, 0.29) is 5.60 Å². The highest BCUT2D eigenvalue weighted by molar-refractivity contribution is 5.31. The van der Waals surface area contributed by atoms with Gasteiger partial charge in [0.15, 0.2) is 0 Å². The third-order valence-electron chi connectivity index (χ3n) is 4.21. The van der Waals surface area contributed by atoms with Gasteiger partial charge in [0.25, 0.3) is 0 Å². The van der Waals surface area contributed by atoms with E-state index in [0.717, 1.165) is 19.4 Å². The van der Waals surface area contributed by atoms with Crippen LogP contribution in [0.25, 0.3) is 0 Å². The zero-order chi connectivity index (χ0) is 14.0. The fraction of sp³-hybridized carbons (Fsp3) is 0.647. The van der Waals surface area contributed by atoms with Crippen molar-refractivity contribution in [1.82, 2.24) is 5.32 Å². The summed E-state index contributed by atoms with van der Waals surface area (Å²) < 4.78 is 5.78. The Morgan fingerprint density at radius 3 is 2.63 bits per heavy atom. The number of benzene rings is 1. The Balaban J connectivity index is 2.00. The second kappa shape index (κ2) is 5.64. The topological polar surface area (TPSA) is 21.3 Å². The van der Waals surface area contributed by atoms with E-state index in [2.05, 4.69) is 58.1 Å². The van der Waals surface area contributed by atoms with Gasteiger partial charge in [-0.15, -0.1) is 0 Å². The first-order chi connectivity index (χ1) is 8.87. The van der Waals surface area contributed by atoms with Crippen molar-refractivity contribution in [2.24, 2.45) is 0 Å². The molecule has 1 fully saturated rings. The van der Waals surface area contributed by atoms with Gasteiger partial charge in [-0.1, -0.05) is 18.2 Å². The summed E-state index contributed by atoms with van der Waals surface area (Å²) in [6.07, 6.45) is 2.20. The Morgan fingerprint density at radius 1 is 1.26 bits per heavy atom. The molecule has 0 radical (unpaired) electrons. The SMILES string of the molecule is Cc1ccc(C(C)NC2CCOC(C)(C)C2)cc1C. The molecule has 2 rings (SSSR count). The predicted octanol–water partition coefficient (Wildman–Crippen LogP) is 3.91. The lowest BCUT2D eigenvalue weighted by Crippen LogP contribution is -2.44. The van der Waals surface area contributed by atoms with Crippen LogP contribution in [0.1, 0.15) is 56.3 Å². The van der Waals surface area contributed by atoms with Crippen LogP contribution in [0.5, 0.6) is 0 Å². The smallest absolute Gasteiger partial charge is 0.0641 e. The van der Waals surface area contributed by atoms with Crippen molar-refractivity contribution in [3.05, 3.63) is 34.9 Å². The Kier molecular flexibility index (Phi) is 4.32. The Bertz CT molecular complexity index is 439. The first kappa shape index (κ1) is 14.5. The van der Waals surface area contributed by atoms with E-state index in [0.29, 0.717) is 12.1 Å². The fourth-order valence-corrected chi connectivity index (χ4v) is 2.86. The van der Waals surface area contributed by atoms with Crippen molar-refractivity contribution in [3.8, 4) is 0 Å². The summed E-state index contributed by atoms with van der Waals surface area (Å²) in [5, 5.41) is 3.76. The molecule has 1 aliphatic rings. The second-order valence-electron chi connectivity index (χ2n) is 6.53. The molecule has 2 nitrogen and oxygen atoms in total. The third-order valence-corrected chi connectivity index (χ3v) is 4.21. The van der Waals surface area contributed by atoms with Crippen molar-refractivity contribution >= 4 is 0 Å². The van der Waals surface area contributed by atoms with E-state index < -0.39 is 0 Å². The maximum atomic E-state index is 5.78. The van der Waals surface area contributed by atoms with Crippen LogP contribution in [0.3, 0.4) is 0 Å². The van der Waals surface area contributed by atoms with Crippen molar-refractivity contribution in [3.63, 3.8) is 0 Å². The summed E-state index contributed by atoms with van der Waals surface area (Å²) >= 11 is 0. The molecule has 19 heavy (non-hydrogen) atoms. The molecule has 0 saturated carbocycles. The standard InChI is InChI=1S/C17H27NO/c1-12-6-7-15(10-13(12)2)14(3)18-16-8-9-19-17(4,5)11-16/h6-7,10,14,16,18H,8-9,11H2,1-5H3. The van der Waals surface area contributed by atoms with Gasteiger partial charge < -0.3 is 10.1 Å². The highest BCUT2D eigenvalue weighted by Crippen LogP contribution is 2.26. The van der Waals surface area contributed by atoms with Gasteiger partial charge in [-0.05, 0) is 64.2 Å². The van der Waals surface area contributed by atoms with Gasteiger partial charge in [-0.25, -0.2) is 0 Å². The molecule has 2 heteroatoms. The van der Waals surface area contributed by atoms with Crippen molar-refractivity contribution in [2.45, 2.75) is 65.1 Å². The molecule has 1 aliphatic heterocycles. The lowest BCUT2D eigenvalue weighted by molar-refractivity contribution is -0.0639. The average molecular weight is 261 g/mol. The summed E-state index contributed by atoms with van der Waals surface area (Å²) in [5.74, 6) is 0. The van der Waals surface area contributed by atoms with Crippen molar-refractivity contribution in [2.75, 3.05) is 6.61 Å². The van der Waals surface area contributed by atoms with Crippen LogP contribution in [0, 0.1) is 13.8 Å². The van der Waals surface area contributed by atoms with Gasteiger partial charge in [-0.3, -0.25) is 0 Å². The number of nitrogens with one attached hydrogen (secondary N) is 1. The molecular formula is C17H27NO. The van der Waals surface area contributed by atoms with E-state index in [1.54, 1.807) is 0 Å². The number of aryl methyl sites for hydroxylation is 2. The molecule has 1 aromatic carbocycles. The van der Waals surface area contributed by atoms with E-state index in [1.165, 1.54) is 16.7 Å². The molecule has 106 valence electrons. The molecule has 1 heterocycles. The van der Waals surface area contributed by atoms with Crippen LogP contribution < -0.4 is 5.32 Å². The van der Waals surface area contributed by atoms with Crippen molar-refractivity contribution < 1.29 is 4.74 Å². The number of rotatable bonds is 3.